The third-order valence-electron chi connectivity index (χ3n) is 5.07. The number of carbonyl (C=O) groups excluding carboxylic acids is 1. The van der Waals surface area contributed by atoms with Crippen LogP contribution in [0.5, 0.6) is 0 Å². The number of methoxy groups -OCH3 is 1. The maximum Gasteiger partial charge on any atom is 0.333 e. The van der Waals surface area contributed by atoms with Gasteiger partial charge in [-0.05, 0) is 24.3 Å². The third kappa shape index (κ3) is 3.85. The molecule has 166 valence electrons. The molecule has 0 amide bonds. The topological polar surface area (TPSA) is 134 Å². The molecule has 0 radical (unpaired) electrons. The first-order chi connectivity index (χ1) is 15.8. The number of hydrogen-bond donors (Lipinski definition) is 1. The van der Waals surface area contributed by atoms with E-state index in [2.05, 4.69) is 31.5 Å². The number of ether oxygens (including phenoxy) is 1. The molecule has 11 nitrogen and oxygen atoms in total. The second kappa shape index (κ2) is 8.43. The maximum absolute atomic E-state index is 12.8. The van der Waals surface area contributed by atoms with Gasteiger partial charge in [-0.25, -0.2) is 19.6 Å². The molecule has 4 aromatic rings. The molecule has 11 heteroatoms. The minimum Gasteiger partial charge on any atom is -0.466 e. The number of nitrogens with one attached hydrogen (secondary N) is 1. The van der Waals surface area contributed by atoms with Gasteiger partial charge in [0.15, 0.2) is 11.2 Å². The van der Waals surface area contributed by atoms with E-state index in [-0.39, 0.29) is 23.3 Å². The van der Waals surface area contributed by atoms with E-state index in [4.69, 9.17) is 0 Å². The number of imidazole rings is 1. The molecule has 3 heterocycles. The number of aryl methyl sites for hydroxylation is 1. The molecule has 1 N–H and O–H groups in total. The predicted octanol–water partition coefficient (Wildman–Crippen LogP) is -0.0919. The molecule has 0 fully saturated rings. The van der Waals surface area contributed by atoms with Gasteiger partial charge < -0.3 is 14.3 Å². The summed E-state index contributed by atoms with van der Waals surface area (Å²) in [5.74, 6) is 5.53. The van der Waals surface area contributed by atoms with Gasteiger partial charge in [0.25, 0.3) is 11.1 Å². The van der Waals surface area contributed by atoms with Gasteiger partial charge in [-0.2, -0.15) is 0 Å². The van der Waals surface area contributed by atoms with E-state index in [0.717, 1.165) is 4.57 Å². The van der Waals surface area contributed by atoms with Crippen LogP contribution in [0, 0.1) is 11.8 Å². The largest absolute Gasteiger partial charge is 0.466 e. The number of rotatable bonds is 3. The van der Waals surface area contributed by atoms with E-state index in [1.54, 1.807) is 25.2 Å². The molecule has 0 saturated heterocycles. The summed E-state index contributed by atoms with van der Waals surface area (Å²) in [6, 6.07) is 5.02. The molecule has 0 aliphatic heterocycles. The highest BCUT2D eigenvalue weighted by molar-refractivity contribution is 5.87. The zero-order chi connectivity index (χ0) is 23.7. The Bertz CT molecular complexity index is 1690. The van der Waals surface area contributed by atoms with Crippen LogP contribution in [0.15, 0.2) is 45.0 Å². The fourth-order valence-electron chi connectivity index (χ4n) is 3.31. The summed E-state index contributed by atoms with van der Waals surface area (Å²) in [4.78, 5) is 59.8. The number of hydrogen-bond acceptors (Lipinski definition) is 7. The highest BCUT2D eigenvalue weighted by Gasteiger charge is 2.17. The van der Waals surface area contributed by atoms with E-state index < -0.39 is 17.2 Å². The molecule has 0 bridgehead atoms. The Morgan fingerprint density at radius 1 is 1.21 bits per heavy atom. The van der Waals surface area contributed by atoms with Crippen molar-refractivity contribution in [2.45, 2.75) is 6.54 Å². The number of esters is 1. The van der Waals surface area contributed by atoms with Crippen molar-refractivity contribution in [2.24, 2.45) is 14.1 Å². The molecule has 1 aromatic carbocycles. The van der Waals surface area contributed by atoms with Crippen molar-refractivity contribution in [2.75, 3.05) is 7.11 Å². The summed E-state index contributed by atoms with van der Waals surface area (Å²) in [5.41, 5.74) is 0.0610. The molecular formula is C22H18N6O5. The number of nitrogens with zero attached hydrogens (tertiary/aromatic N) is 5. The second-order valence-corrected chi connectivity index (χ2v) is 7.06. The first-order valence-electron chi connectivity index (χ1n) is 9.70. The van der Waals surface area contributed by atoms with Crippen molar-refractivity contribution in [1.82, 2.24) is 28.7 Å². The minimum atomic E-state index is -0.581. The Kier molecular flexibility index (Phi) is 5.49. The molecule has 0 aliphatic carbocycles. The molecule has 33 heavy (non-hydrogen) atoms. The molecule has 0 atom stereocenters. The van der Waals surface area contributed by atoms with Crippen LogP contribution < -0.4 is 16.8 Å². The molecule has 4 rings (SSSR count). The second-order valence-electron chi connectivity index (χ2n) is 7.06. The summed E-state index contributed by atoms with van der Waals surface area (Å²) < 4.78 is 8.31. The monoisotopic (exact) mass is 446 g/mol. The van der Waals surface area contributed by atoms with Crippen LogP contribution in [0.3, 0.4) is 0 Å². The van der Waals surface area contributed by atoms with E-state index in [9.17, 15) is 19.2 Å². The van der Waals surface area contributed by atoms with Crippen molar-refractivity contribution in [3.8, 4) is 11.8 Å². The zero-order valence-electron chi connectivity index (χ0n) is 17.9. The smallest absolute Gasteiger partial charge is 0.333 e. The van der Waals surface area contributed by atoms with Crippen LogP contribution in [0.2, 0.25) is 0 Å². The minimum absolute atomic E-state index is 0.0535. The fraction of sp³-hybridized carbons (Fsp3) is 0.182. The van der Waals surface area contributed by atoms with Crippen molar-refractivity contribution in [3.63, 3.8) is 0 Å². The van der Waals surface area contributed by atoms with Crippen molar-refractivity contribution in [3.05, 3.63) is 73.2 Å². The molecule has 0 unspecified atom stereocenters. The van der Waals surface area contributed by atoms with E-state index in [1.807, 2.05) is 0 Å². The average Bonchev–Trinajstić information content (AvgIpc) is 3.14. The van der Waals surface area contributed by atoms with Crippen LogP contribution in [0.25, 0.3) is 28.1 Å². The summed E-state index contributed by atoms with van der Waals surface area (Å²) in [5, 5.41) is 0.401. The standard InChI is InChI=1S/C22H18N6O5/c1-26-16(8-9-17(29)33-3)25-19-18(26)21(31)27(2)22(32)28(19)10-4-5-13-6-7-15-14(11-13)20(30)24-12-23-15/h6-9,11-12H,10H2,1-3H3,(H,23,24,30)/b9-8+. The Morgan fingerprint density at radius 2 is 2.00 bits per heavy atom. The van der Waals surface area contributed by atoms with Gasteiger partial charge in [-0.1, -0.05) is 11.8 Å². The molecule has 3 aromatic heterocycles. The Hall–Kier alpha value is -4.72. The summed E-state index contributed by atoms with van der Waals surface area (Å²) in [6.07, 6.45) is 3.89. The van der Waals surface area contributed by atoms with Crippen molar-refractivity contribution in [1.29, 1.82) is 0 Å². The SMILES string of the molecule is COC(=O)/C=C/c1nc2c(c(=O)n(C)c(=O)n2CC#Cc2ccc3nc[nH]c(=O)c3c2)n1C. The first-order valence-corrected chi connectivity index (χ1v) is 9.70. The van der Waals surface area contributed by atoms with Crippen LogP contribution in [0.1, 0.15) is 11.4 Å². The van der Waals surface area contributed by atoms with E-state index >= 15 is 0 Å². The predicted molar refractivity (Wildman–Crippen MR) is 121 cm³/mol. The molecule has 0 aliphatic rings. The lowest BCUT2D eigenvalue weighted by molar-refractivity contribution is -0.134. The number of benzene rings is 1. The number of aromatic nitrogens is 6. The quantitative estimate of drug-likeness (QED) is 0.264. The lowest BCUT2D eigenvalue weighted by Gasteiger charge is -2.05. The summed E-state index contributed by atoms with van der Waals surface area (Å²) in [6.45, 7) is -0.0535. The lowest BCUT2D eigenvalue weighted by Crippen LogP contribution is -2.38. The summed E-state index contributed by atoms with van der Waals surface area (Å²) in [7, 11) is 4.22. The van der Waals surface area contributed by atoms with E-state index in [0.29, 0.717) is 22.3 Å². The van der Waals surface area contributed by atoms with Gasteiger partial charge in [0, 0.05) is 25.7 Å². The molecule has 0 saturated carbocycles. The Balaban J connectivity index is 1.79. The number of fused-ring (bicyclic) bond motifs is 2. The fourth-order valence-corrected chi connectivity index (χ4v) is 3.31. The highest BCUT2D eigenvalue weighted by Crippen LogP contribution is 2.12. The van der Waals surface area contributed by atoms with E-state index in [1.165, 1.54) is 41.8 Å². The highest BCUT2D eigenvalue weighted by atomic mass is 16.5. The number of aromatic amines is 1. The normalized spacial score (nSPS) is 11.1. The maximum atomic E-state index is 12.8. The van der Waals surface area contributed by atoms with Gasteiger partial charge in [-0.15, -0.1) is 0 Å². The van der Waals surface area contributed by atoms with Gasteiger partial charge in [0.05, 0.1) is 30.9 Å². The zero-order valence-corrected chi connectivity index (χ0v) is 17.9. The number of H-pyrrole nitrogens is 1. The third-order valence-corrected chi connectivity index (χ3v) is 5.07. The Labute approximate surface area is 185 Å². The van der Waals surface area contributed by atoms with Crippen LogP contribution in [0.4, 0.5) is 0 Å². The molecular weight excluding hydrogens is 428 g/mol. The van der Waals surface area contributed by atoms with Crippen molar-refractivity contribution < 1.29 is 9.53 Å². The summed E-state index contributed by atoms with van der Waals surface area (Å²) >= 11 is 0. The van der Waals surface area contributed by atoms with Crippen LogP contribution in [-0.4, -0.2) is 41.7 Å². The Morgan fingerprint density at radius 3 is 2.76 bits per heavy atom. The average molecular weight is 446 g/mol. The van der Waals surface area contributed by atoms with Gasteiger partial charge >= 0.3 is 11.7 Å². The van der Waals surface area contributed by atoms with Crippen LogP contribution in [-0.2, 0) is 30.2 Å². The number of carbonyl (C=O) groups is 1. The van der Waals surface area contributed by atoms with Gasteiger partial charge in [0.2, 0.25) is 0 Å². The molecule has 0 spiro atoms. The van der Waals surface area contributed by atoms with Gasteiger partial charge in [-0.3, -0.25) is 18.7 Å². The van der Waals surface area contributed by atoms with Gasteiger partial charge in [0.1, 0.15) is 5.82 Å². The van der Waals surface area contributed by atoms with Crippen molar-refractivity contribution >= 4 is 34.1 Å². The lowest BCUT2D eigenvalue weighted by atomic mass is 10.1. The van der Waals surface area contributed by atoms with Crippen LogP contribution >= 0.6 is 0 Å². The first kappa shape index (κ1) is 21.5.